The third-order valence-electron chi connectivity index (χ3n) is 6.16. The summed E-state index contributed by atoms with van der Waals surface area (Å²) in [7, 11) is 0. The molecule has 1 aromatic heterocycles. The number of amides is 2. The molecule has 8 nitrogen and oxygen atoms in total. The number of alkyl halides is 2. The van der Waals surface area contributed by atoms with E-state index in [4.69, 9.17) is 5.11 Å². The Morgan fingerprint density at radius 1 is 1.14 bits per heavy atom. The van der Waals surface area contributed by atoms with Crippen LogP contribution in [0.3, 0.4) is 0 Å². The molecule has 2 aromatic rings. The number of rotatable bonds is 9. The number of likely N-dealkylation sites (tertiary alicyclic amines) is 1. The van der Waals surface area contributed by atoms with Crippen LogP contribution in [0.25, 0.3) is 0 Å². The molecule has 0 unspecified atom stereocenters. The first-order valence-corrected chi connectivity index (χ1v) is 11.3. The van der Waals surface area contributed by atoms with E-state index < -0.39 is 35.7 Å². The summed E-state index contributed by atoms with van der Waals surface area (Å²) >= 11 is 0. The van der Waals surface area contributed by atoms with Crippen LogP contribution in [0.15, 0.2) is 36.4 Å². The predicted molar refractivity (Wildman–Crippen MR) is 124 cm³/mol. The van der Waals surface area contributed by atoms with Gasteiger partial charge >= 0.3 is 12.6 Å². The first kappa shape index (κ1) is 26.1. The van der Waals surface area contributed by atoms with E-state index >= 15 is 0 Å². The highest BCUT2D eigenvalue weighted by molar-refractivity contribution is 6.02. The summed E-state index contributed by atoms with van der Waals surface area (Å²) in [6, 6.07) is 10.4. The van der Waals surface area contributed by atoms with Gasteiger partial charge in [-0.05, 0) is 36.1 Å². The molecule has 1 fully saturated rings. The highest BCUT2D eigenvalue weighted by Crippen LogP contribution is 2.41. The highest BCUT2D eigenvalue weighted by Gasteiger charge is 2.53. The van der Waals surface area contributed by atoms with Crippen molar-refractivity contribution >= 4 is 23.5 Å². The van der Waals surface area contributed by atoms with Crippen molar-refractivity contribution in [2.24, 2.45) is 5.92 Å². The van der Waals surface area contributed by atoms with Crippen LogP contribution in [-0.4, -0.2) is 52.5 Å². The van der Waals surface area contributed by atoms with Gasteiger partial charge in [0, 0.05) is 25.2 Å². The van der Waals surface area contributed by atoms with Crippen LogP contribution in [-0.2, 0) is 19.8 Å². The van der Waals surface area contributed by atoms with Gasteiger partial charge in [-0.25, -0.2) is 4.98 Å². The number of nitrogens with one attached hydrogen (secondary N) is 1. The van der Waals surface area contributed by atoms with Crippen LogP contribution in [0, 0.1) is 12.8 Å². The number of carbonyl (C=O) groups excluding carboxylic acids is 2. The van der Waals surface area contributed by atoms with Crippen molar-refractivity contribution in [3.8, 4) is 5.88 Å². The van der Waals surface area contributed by atoms with Crippen molar-refractivity contribution in [3.05, 3.63) is 53.2 Å². The van der Waals surface area contributed by atoms with Gasteiger partial charge in [0.15, 0.2) is 0 Å². The highest BCUT2D eigenvalue weighted by atomic mass is 19.3. The fraction of sp³-hybridized carbons (Fsp3) is 0.440. The van der Waals surface area contributed by atoms with Gasteiger partial charge in [-0.2, -0.15) is 8.78 Å². The molecule has 2 amide bonds. The van der Waals surface area contributed by atoms with Gasteiger partial charge in [0.25, 0.3) is 0 Å². The van der Waals surface area contributed by atoms with Gasteiger partial charge in [-0.15, -0.1) is 0 Å². The number of aliphatic carboxylic acids is 1. The Balaban J connectivity index is 1.95. The number of hydrogen-bond acceptors (Lipinski definition) is 5. The molecule has 0 bridgehead atoms. The van der Waals surface area contributed by atoms with Crippen LogP contribution >= 0.6 is 0 Å². The molecule has 1 aromatic carbocycles. The van der Waals surface area contributed by atoms with Gasteiger partial charge in [0.2, 0.25) is 17.7 Å². The molecular formula is C25H29F2N3O5. The normalized spacial score (nSPS) is 15.5. The zero-order valence-corrected chi connectivity index (χ0v) is 20.0. The quantitative estimate of drug-likeness (QED) is 0.552. The van der Waals surface area contributed by atoms with Crippen LogP contribution in [0.1, 0.15) is 49.9 Å². The van der Waals surface area contributed by atoms with Crippen LogP contribution in [0.5, 0.6) is 5.88 Å². The van der Waals surface area contributed by atoms with E-state index in [-0.39, 0.29) is 37.0 Å². The van der Waals surface area contributed by atoms with Crippen LogP contribution in [0.4, 0.5) is 14.5 Å². The Morgan fingerprint density at radius 3 is 2.40 bits per heavy atom. The summed E-state index contributed by atoms with van der Waals surface area (Å²) in [6.45, 7) is 3.96. The second-order valence-corrected chi connectivity index (χ2v) is 9.16. The number of benzene rings is 1. The fourth-order valence-electron chi connectivity index (χ4n) is 4.18. The van der Waals surface area contributed by atoms with Gasteiger partial charge in [-0.1, -0.05) is 45.0 Å². The van der Waals surface area contributed by atoms with Gasteiger partial charge in [-0.3, -0.25) is 14.4 Å². The van der Waals surface area contributed by atoms with Crippen molar-refractivity contribution in [1.29, 1.82) is 0 Å². The molecule has 0 aliphatic carbocycles. The Kier molecular flexibility index (Phi) is 7.72. The molecular weight excluding hydrogens is 460 g/mol. The van der Waals surface area contributed by atoms with Crippen molar-refractivity contribution in [3.63, 3.8) is 0 Å². The number of pyridine rings is 1. The van der Waals surface area contributed by atoms with Crippen LogP contribution in [0.2, 0.25) is 0 Å². The maximum atomic E-state index is 13.7. The summed E-state index contributed by atoms with van der Waals surface area (Å²) in [6.07, 6.45) is -0.187. The number of halogens is 2. The monoisotopic (exact) mass is 489 g/mol. The fourth-order valence-corrected chi connectivity index (χ4v) is 4.18. The van der Waals surface area contributed by atoms with Crippen molar-refractivity contribution in [2.45, 2.75) is 52.1 Å². The lowest BCUT2D eigenvalue weighted by Gasteiger charge is -2.50. The molecule has 1 aliphatic heterocycles. The molecule has 1 saturated heterocycles. The molecule has 0 spiro atoms. The van der Waals surface area contributed by atoms with E-state index in [2.05, 4.69) is 15.0 Å². The Morgan fingerprint density at radius 2 is 1.80 bits per heavy atom. The van der Waals surface area contributed by atoms with Gasteiger partial charge in [0.05, 0.1) is 5.92 Å². The summed E-state index contributed by atoms with van der Waals surface area (Å²) in [5, 5.41) is 11.8. The smallest absolute Gasteiger partial charge is 0.388 e. The second kappa shape index (κ2) is 10.4. The molecule has 10 heteroatoms. The zero-order valence-electron chi connectivity index (χ0n) is 20.0. The summed E-state index contributed by atoms with van der Waals surface area (Å²) in [4.78, 5) is 43.0. The number of aryl methyl sites for hydroxylation is 1. The number of carboxylic acid groups (broad SMARTS) is 1. The topological polar surface area (TPSA) is 109 Å². The average molecular weight is 490 g/mol. The lowest BCUT2D eigenvalue weighted by molar-refractivity contribution is -0.150. The minimum Gasteiger partial charge on any atom is -0.481 e. The molecule has 1 atom stereocenters. The number of carboxylic acids is 1. The van der Waals surface area contributed by atoms with Crippen molar-refractivity contribution in [2.75, 3.05) is 18.4 Å². The largest absolute Gasteiger partial charge is 0.481 e. The minimum absolute atomic E-state index is 0.00780. The molecule has 188 valence electrons. The molecule has 35 heavy (non-hydrogen) atoms. The second-order valence-electron chi connectivity index (χ2n) is 9.16. The molecule has 0 saturated carbocycles. The number of ether oxygens (including phenoxy) is 1. The molecule has 0 radical (unpaired) electrons. The van der Waals surface area contributed by atoms with E-state index in [9.17, 15) is 23.2 Å². The number of aromatic nitrogens is 1. The van der Waals surface area contributed by atoms with E-state index in [1.165, 1.54) is 17.9 Å². The summed E-state index contributed by atoms with van der Waals surface area (Å²) in [5.74, 6) is -3.13. The minimum atomic E-state index is -3.12. The Bertz CT molecular complexity index is 1120. The lowest BCUT2D eigenvalue weighted by atomic mass is 9.69. The van der Waals surface area contributed by atoms with E-state index in [0.717, 1.165) is 11.1 Å². The summed E-state index contributed by atoms with van der Waals surface area (Å²) in [5.41, 5.74) is 0.910. The van der Waals surface area contributed by atoms with Crippen LogP contribution < -0.4 is 10.1 Å². The Hall–Kier alpha value is -3.56. The maximum absolute atomic E-state index is 13.7. The lowest BCUT2D eigenvalue weighted by Crippen LogP contribution is -2.66. The first-order chi connectivity index (χ1) is 16.4. The SMILES string of the molecule is Cc1ccc(NC(=O)C2(c3ccccc3C(C)C)CN(C(=O)C[C@H](C)C(=O)O)C2)c(OC(F)F)n1. The third kappa shape index (κ3) is 5.58. The number of hydrogen-bond donors (Lipinski definition) is 2. The molecule has 2 N–H and O–H groups in total. The summed E-state index contributed by atoms with van der Waals surface area (Å²) < 4.78 is 30.4. The van der Waals surface area contributed by atoms with Crippen molar-refractivity contribution in [1.82, 2.24) is 9.88 Å². The maximum Gasteiger partial charge on any atom is 0.388 e. The third-order valence-corrected chi connectivity index (χ3v) is 6.16. The average Bonchev–Trinajstić information content (AvgIpc) is 2.74. The van der Waals surface area contributed by atoms with Gasteiger partial charge < -0.3 is 20.1 Å². The van der Waals surface area contributed by atoms with Crippen molar-refractivity contribution < 1.29 is 33.0 Å². The molecule has 1 aliphatic rings. The molecule has 2 heterocycles. The van der Waals surface area contributed by atoms with E-state index in [1.807, 2.05) is 32.0 Å². The molecule has 3 rings (SSSR count). The van der Waals surface area contributed by atoms with Gasteiger partial charge in [0.1, 0.15) is 11.1 Å². The van der Waals surface area contributed by atoms with E-state index in [1.54, 1.807) is 19.1 Å². The number of nitrogens with zero attached hydrogens (tertiary/aromatic N) is 2. The first-order valence-electron chi connectivity index (χ1n) is 11.3. The predicted octanol–water partition coefficient (Wildman–Crippen LogP) is 3.94. The standard InChI is InChI=1S/C25H29F2N3O5/c1-14(2)17-7-5-6-8-18(17)25(12-30(13-25)20(31)11-15(3)22(32)33)23(34)29-19-10-9-16(4)28-21(19)35-24(26)27/h5-10,14-15,24H,11-13H2,1-4H3,(H,29,34)(H,32,33)/t15-/m0/s1. The number of carbonyl (C=O) groups is 3. The zero-order chi connectivity index (χ0) is 25.9. The number of anilines is 1. The Labute approximate surface area is 202 Å². The van der Waals surface area contributed by atoms with E-state index in [0.29, 0.717) is 5.69 Å².